The summed E-state index contributed by atoms with van der Waals surface area (Å²) < 4.78 is 13.4. The molecule has 25 heavy (non-hydrogen) atoms. The molecule has 134 valence electrons. The topological polar surface area (TPSA) is 71.1 Å². The fourth-order valence-electron chi connectivity index (χ4n) is 2.03. The molecule has 2 rings (SSSR count). The molecule has 2 N–H and O–H groups in total. The molecular formula is C17H19ClFN3O2S. The predicted octanol–water partition coefficient (Wildman–Crippen LogP) is 3.81. The minimum Gasteiger partial charge on any atom is -0.351 e. The van der Waals surface area contributed by atoms with E-state index in [2.05, 4.69) is 15.6 Å². The highest BCUT2D eigenvalue weighted by molar-refractivity contribution is 7.13. The number of rotatable bonds is 6. The molecule has 0 aliphatic heterocycles. The lowest BCUT2D eigenvalue weighted by molar-refractivity contribution is -0.115. The van der Waals surface area contributed by atoms with Gasteiger partial charge in [0.05, 0.1) is 17.1 Å². The van der Waals surface area contributed by atoms with Gasteiger partial charge in [-0.2, -0.15) is 0 Å². The molecule has 5 nitrogen and oxygen atoms in total. The molecule has 0 aliphatic carbocycles. The van der Waals surface area contributed by atoms with E-state index >= 15 is 0 Å². The number of nitrogens with one attached hydrogen (secondary N) is 2. The zero-order valence-corrected chi connectivity index (χ0v) is 15.7. The average Bonchev–Trinajstić information content (AvgIpc) is 2.89. The lowest BCUT2D eigenvalue weighted by atomic mass is 10.2. The Kier molecular flexibility index (Phi) is 6.50. The molecule has 2 amide bonds. The van der Waals surface area contributed by atoms with E-state index in [4.69, 9.17) is 11.6 Å². The van der Waals surface area contributed by atoms with Gasteiger partial charge in [-0.05, 0) is 31.0 Å². The third kappa shape index (κ3) is 5.51. The van der Waals surface area contributed by atoms with Gasteiger partial charge in [-0.1, -0.05) is 25.4 Å². The zero-order chi connectivity index (χ0) is 18.6. The van der Waals surface area contributed by atoms with Crippen molar-refractivity contribution in [2.24, 2.45) is 5.92 Å². The van der Waals surface area contributed by atoms with Gasteiger partial charge in [-0.3, -0.25) is 9.59 Å². The number of benzene rings is 1. The Labute approximate surface area is 154 Å². The van der Waals surface area contributed by atoms with Crippen LogP contribution in [0.15, 0.2) is 18.2 Å². The van der Waals surface area contributed by atoms with Crippen molar-refractivity contribution in [3.8, 4) is 0 Å². The van der Waals surface area contributed by atoms with E-state index in [9.17, 15) is 14.0 Å². The smallest absolute Gasteiger partial charge is 0.263 e. The molecule has 2 aromatic rings. The normalized spacial score (nSPS) is 10.8. The Hall–Kier alpha value is -1.99. The van der Waals surface area contributed by atoms with Crippen LogP contribution in [-0.4, -0.2) is 23.3 Å². The van der Waals surface area contributed by atoms with E-state index in [1.165, 1.54) is 23.5 Å². The molecular weight excluding hydrogens is 365 g/mol. The van der Waals surface area contributed by atoms with Gasteiger partial charge >= 0.3 is 0 Å². The number of aryl methyl sites for hydroxylation is 1. The lowest BCUT2D eigenvalue weighted by Gasteiger charge is -2.06. The van der Waals surface area contributed by atoms with Crippen LogP contribution in [0.25, 0.3) is 0 Å². The second kappa shape index (κ2) is 8.40. The molecule has 0 saturated heterocycles. The fourth-order valence-corrected chi connectivity index (χ4v) is 3.13. The van der Waals surface area contributed by atoms with Crippen molar-refractivity contribution >= 4 is 40.4 Å². The van der Waals surface area contributed by atoms with E-state index in [0.717, 1.165) is 6.07 Å². The molecule has 0 bridgehead atoms. The van der Waals surface area contributed by atoms with Crippen molar-refractivity contribution in [2.45, 2.75) is 27.2 Å². The summed E-state index contributed by atoms with van der Waals surface area (Å²) in [6.45, 7) is 6.33. The Bertz CT molecular complexity index is 792. The van der Waals surface area contributed by atoms with Gasteiger partial charge in [0.2, 0.25) is 5.91 Å². The number of carbonyl (C=O) groups excluding carboxylic acids is 2. The van der Waals surface area contributed by atoms with Crippen LogP contribution in [-0.2, 0) is 11.2 Å². The van der Waals surface area contributed by atoms with Crippen LogP contribution in [0.2, 0.25) is 5.02 Å². The number of thiazole rings is 1. The van der Waals surface area contributed by atoms with Crippen LogP contribution < -0.4 is 10.6 Å². The maximum absolute atomic E-state index is 13.4. The van der Waals surface area contributed by atoms with Gasteiger partial charge in [-0.25, -0.2) is 9.37 Å². The summed E-state index contributed by atoms with van der Waals surface area (Å²) in [6, 6.07) is 4.04. The first-order valence-corrected chi connectivity index (χ1v) is 8.95. The molecule has 0 spiro atoms. The van der Waals surface area contributed by atoms with Gasteiger partial charge in [0.25, 0.3) is 5.91 Å². The Morgan fingerprint density at radius 3 is 2.72 bits per heavy atom. The third-order valence-electron chi connectivity index (χ3n) is 3.23. The average molecular weight is 384 g/mol. The number of anilines is 1. The van der Waals surface area contributed by atoms with Crippen molar-refractivity contribution in [1.82, 2.24) is 10.3 Å². The number of amides is 2. The van der Waals surface area contributed by atoms with Crippen LogP contribution in [0.1, 0.15) is 34.2 Å². The highest BCUT2D eigenvalue weighted by Crippen LogP contribution is 2.21. The number of halogens is 2. The van der Waals surface area contributed by atoms with Gasteiger partial charge in [0.15, 0.2) is 0 Å². The summed E-state index contributed by atoms with van der Waals surface area (Å²) in [7, 11) is 0. The van der Waals surface area contributed by atoms with Crippen molar-refractivity contribution < 1.29 is 14.0 Å². The molecule has 1 heterocycles. The van der Waals surface area contributed by atoms with Crippen LogP contribution in [0.5, 0.6) is 0 Å². The number of hydrogen-bond donors (Lipinski definition) is 2. The summed E-state index contributed by atoms with van der Waals surface area (Å²) in [6.07, 6.45) is 0.00716. The summed E-state index contributed by atoms with van der Waals surface area (Å²) in [5.74, 6) is -0.782. The summed E-state index contributed by atoms with van der Waals surface area (Å²) in [4.78, 5) is 29.0. The van der Waals surface area contributed by atoms with Crippen molar-refractivity contribution in [3.63, 3.8) is 0 Å². The number of nitrogens with zero attached hydrogens (tertiary/aromatic N) is 1. The highest BCUT2D eigenvalue weighted by atomic mass is 35.5. The first-order chi connectivity index (χ1) is 11.8. The Balaban J connectivity index is 2.00. The predicted molar refractivity (Wildman–Crippen MR) is 97.8 cm³/mol. The van der Waals surface area contributed by atoms with Gasteiger partial charge in [0, 0.05) is 12.2 Å². The second-order valence-corrected chi connectivity index (χ2v) is 7.47. The molecule has 0 atom stereocenters. The third-order valence-corrected chi connectivity index (χ3v) is 4.70. The van der Waals surface area contributed by atoms with Crippen LogP contribution in [0.4, 0.5) is 10.1 Å². The van der Waals surface area contributed by atoms with E-state index in [1.807, 2.05) is 13.8 Å². The minimum absolute atomic E-state index is 0.00716. The van der Waals surface area contributed by atoms with Crippen LogP contribution in [0.3, 0.4) is 0 Å². The number of carbonyl (C=O) groups is 2. The van der Waals surface area contributed by atoms with Gasteiger partial charge in [0.1, 0.15) is 15.7 Å². The van der Waals surface area contributed by atoms with Crippen molar-refractivity contribution in [2.75, 3.05) is 11.9 Å². The molecule has 0 fully saturated rings. The Morgan fingerprint density at radius 2 is 2.08 bits per heavy atom. The molecule has 0 unspecified atom stereocenters. The first-order valence-electron chi connectivity index (χ1n) is 7.75. The first kappa shape index (κ1) is 19.3. The maximum atomic E-state index is 13.4. The van der Waals surface area contributed by atoms with Crippen LogP contribution >= 0.6 is 22.9 Å². The fraction of sp³-hybridized carbons (Fsp3) is 0.353. The number of aromatic nitrogens is 1. The minimum atomic E-state index is -0.603. The van der Waals surface area contributed by atoms with E-state index in [-0.39, 0.29) is 23.3 Å². The maximum Gasteiger partial charge on any atom is 0.263 e. The molecule has 8 heteroatoms. The zero-order valence-electron chi connectivity index (χ0n) is 14.2. The summed E-state index contributed by atoms with van der Waals surface area (Å²) in [5.41, 5.74) is 0.904. The molecule has 1 aromatic carbocycles. The lowest BCUT2D eigenvalue weighted by Crippen LogP contribution is -2.27. The van der Waals surface area contributed by atoms with E-state index in [0.29, 0.717) is 33.7 Å². The monoisotopic (exact) mass is 383 g/mol. The van der Waals surface area contributed by atoms with E-state index in [1.54, 1.807) is 6.92 Å². The van der Waals surface area contributed by atoms with Gasteiger partial charge in [-0.15, -0.1) is 11.3 Å². The number of hydrogen-bond acceptors (Lipinski definition) is 4. The largest absolute Gasteiger partial charge is 0.351 e. The molecule has 0 radical (unpaired) electrons. The van der Waals surface area contributed by atoms with Crippen LogP contribution in [0, 0.1) is 18.7 Å². The quantitative estimate of drug-likeness (QED) is 0.796. The highest BCUT2D eigenvalue weighted by Gasteiger charge is 2.17. The molecule has 0 saturated carbocycles. The van der Waals surface area contributed by atoms with Gasteiger partial charge < -0.3 is 10.6 Å². The molecule has 1 aromatic heterocycles. The summed E-state index contributed by atoms with van der Waals surface area (Å²) in [5, 5.41) is 5.94. The Morgan fingerprint density at radius 1 is 1.36 bits per heavy atom. The second-order valence-electron chi connectivity index (χ2n) is 5.98. The van der Waals surface area contributed by atoms with E-state index < -0.39 is 5.82 Å². The van der Waals surface area contributed by atoms with Crippen molar-refractivity contribution in [3.05, 3.63) is 44.6 Å². The SMILES string of the molecule is Cc1nc(CC(=O)Nc2ccc(Cl)c(F)c2)sc1C(=O)NCC(C)C. The van der Waals surface area contributed by atoms with Crippen molar-refractivity contribution in [1.29, 1.82) is 0 Å². The molecule has 0 aliphatic rings. The summed E-state index contributed by atoms with van der Waals surface area (Å²) >= 11 is 6.79. The standard InChI is InChI=1S/C17H19ClFN3O2S/c1-9(2)8-20-17(24)16-10(3)21-15(25-16)7-14(23)22-11-4-5-12(18)13(19)6-11/h4-6,9H,7-8H2,1-3H3,(H,20,24)(H,22,23).